The van der Waals surface area contributed by atoms with E-state index in [0.29, 0.717) is 16.3 Å². The molecule has 0 saturated carbocycles. The molecule has 0 atom stereocenters. The average Bonchev–Trinajstić information content (AvgIpc) is 1.99. The molecule has 0 aliphatic heterocycles. The van der Waals surface area contributed by atoms with Gasteiger partial charge in [-0.2, -0.15) is 0 Å². The maximum Gasteiger partial charge on any atom is 0.0656 e. The van der Waals surface area contributed by atoms with Crippen LogP contribution in [0, 0.1) is 5.41 Å². The van der Waals surface area contributed by atoms with Crippen LogP contribution in [-0.4, -0.2) is 6.21 Å². The third-order valence-corrected chi connectivity index (χ3v) is 2.61. The molecule has 0 spiro atoms. The molecule has 0 aliphatic rings. The Labute approximate surface area is 78.0 Å². The second kappa shape index (κ2) is 3.24. The summed E-state index contributed by atoms with van der Waals surface area (Å²) in [4.78, 5) is 0. The first kappa shape index (κ1) is 8.56. The molecule has 4 heteroatoms. The van der Waals surface area contributed by atoms with E-state index in [-0.39, 0.29) is 0 Å². The first-order valence-electron chi connectivity index (χ1n) is 2.90. The van der Waals surface area contributed by atoms with Gasteiger partial charge in [-0.25, -0.2) is 0 Å². The lowest BCUT2D eigenvalue weighted by atomic mass is 10.2. The number of hydrogen-bond donors (Lipinski definition) is 2. The molecule has 0 aliphatic carbocycles. The van der Waals surface area contributed by atoms with Crippen LogP contribution in [0.3, 0.4) is 0 Å². The monoisotopic (exact) mass is 232 g/mol. The minimum atomic E-state index is 0.486. The molecule has 1 aromatic carbocycles. The van der Waals surface area contributed by atoms with Crippen LogP contribution < -0.4 is 5.73 Å². The average molecular weight is 233 g/mol. The molecule has 0 aromatic heterocycles. The van der Waals surface area contributed by atoms with E-state index in [1.54, 1.807) is 12.1 Å². The number of anilines is 1. The minimum absolute atomic E-state index is 0.486. The number of nitrogen functional groups attached to an aromatic ring is 1. The Morgan fingerprint density at radius 3 is 2.64 bits per heavy atom. The zero-order valence-electron chi connectivity index (χ0n) is 5.57. The summed E-state index contributed by atoms with van der Waals surface area (Å²) in [5.74, 6) is 0. The molecule has 0 heterocycles. The summed E-state index contributed by atoms with van der Waals surface area (Å²) in [6.07, 6.45) is 1.14. The van der Waals surface area contributed by atoms with Crippen molar-refractivity contribution in [1.82, 2.24) is 0 Å². The Balaban J connectivity index is 3.40. The maximum absolute atomic E-state index is 7.01. The summed E-state index contributed by atoms with van der Waals surface area (Å²) in [6.45, 7) is 0. The summed E-state index contributed by atoms with van der Waals surface area (Å²) in [7, 11) is 0. The van der Waals surface area contributed by atoms with Gasteiger partial charge in [-0.3, -0.25) is 0 Å². The van der Waals surface area contributed by atoms with E-state index in [4.69, 9.17) is 22.7 Å². The first-order chi connectivity index (χ1) is 5.16. The van der Waals surface area contributed by atoms with Gasteiger partial charge < -0.3 is 11.1 Å². The lowest BCUT2D eigenvalue weighted by molar-refractivity contribution is 1.52. The standard InChI is InChI=1S/C7H6BrClN2/c8-5-1-2-6(11)4(3-10)7(5)9/h1-3,10H,11H2. The minimum Gasteiger partial charge on any atom is -0.398 e. The van der Waals surface area contributed by atoms with E-state index in [1.807, 2.05) is 0 Å². The molecule has 0 bridgehead atoms. The molecule has 1 rings (SSSR count). The van der Waals surface area contributed by atoms with E-state index < -0.39 is 0 Å². The van der Waals surface area contributed by atoms with Crippen LogP contribution in [0.25, 0.3) is 0 Å². The molecule has 0 saturated heterocycles. The number of benzene rings is 1. The molecule has 3 N–H and O–H groups in total. The highest BCUT2D eigenvalue weighted by atomic mass is 79.9. The number of rotatable bonds is 1. The van der Waals surface area contributed by atoms with E-state index in [1.165, 1.54) is 0 Å². The largest absolute Gasteiger partial charge is 0.398 e. The highest BCUT2D eigenvalue weighted by Crippen LogP contribution is 2.28. The van der Waals surface area contributed by atoms with Gasteiger partial charge in [-0.05, 0) is 28.1 Å². The zero-order valence-corrected chi connectivity index (χ0v) is 7.91. The summed E-state index contributed by atoms with van der Waals surface area (Å²) < 4.78 is 0.756. The fourth-order valence-electron chi connectivity index (χ4n) is 0.728. The number of halogens is 2. The highest BCUT2D eigenvalue weighted by molar-refractivity contribution is 9.10. The van der Waals surface area contributed by atoms with Crippen molar-refractivity contribution in [1.29, 1.82) is 5.41 Å². The van der Waals surface area contributed by atoms with Gasteiger partial charge >= 0.3 is 0 Å². The van der Waals surface area contributed by atoms with Gasteiger partial charge in [0.05, 0.1) is 5.02 Å². The third-order valence-electron chi connectivity index (χ3n) is 1.31. The second-order valence-corrected chi connectivity index (χ2v) is 3.24. The van der Waals surface area contributed by atoms with Crippen molar-refractivity contribution in [3.63, 3.8) is 0 Å². The van der Waals surface area contributed by atoms with Gasteiger partial charge in [0.1, 0.15) is 0 Å². The van der Waals surface area contributed by atoms with E-state index in [2.05, 4.69) is 15.9 Å². The summed E-state index contributed by atoms with van der Waals surface area (Å²) >= 11 is 9.05. The molecule has 0 radical (unpaired) electrons. The molecule has 0 amide bonds. The lowest BCUT2D eigenvalue weighted by Crippen LogP contribution is -1.93. The molecule has 58 valence electrons. The van der Waals surface area contributed by atoms with Crippen molar-refractivity contribution in [3.05, 3.63) is 27.2 Å². The van der Waals surface area contributed by atoms with Crippen LogP contribution in [0.5, 0.6) is 0 Å². The Hall–Kier alpha value is -0.540. The normalized spacial score (nSPS) is 9.64. The molecule has 2 nitrogen and oxygen atoms in total. The van der Waals surface area contributed by atoms with Crippen molar-refractivity contribution >= 4 is 39.4 Å². The SMILES string of the molecule is N=Cc1c(N)ccc(Br)c1Cl. The number of hydrogen-bond acceptors (Lipinski definition) is 2. The van der Waals surface area contributed by atoms with E-state index in [9.17, 15) is 0 Å². The van der Waals surface area contributed by atoms with Crippen molar-refractivity contribution < 1.29 is 0 Å². The number of nitrogens with one attached hydrogen (secondary N) is 1. The predicted molar refractivity (Wildman–Crippen MR) is 51.5 cm³/mol. The molecular weight excluding hydrogens is 227 g/mol. The molecular formula is C7H6BrClN2. The number of nitrogens with two attached hydrogens (primary N) is 1. The quantitative estimate of drug-likeness (QED) is 0.569. The van der Waals surface area contributed by atoms with Crippen molar-refractivity contribution in [2.24, 2.45) is 0 Å². The fourth-order valence-corrected chi connectivity index (χ4v) is 1.30. The Kier molecular flexibility index (Phi) is 2.52. The Morgan fingerprint density at radius 1 is 1.55 bits per heavy atom. The Bertz CT molecular complexity index is 299. The summed E-state index contributed by atoms with van der Waals surface area (Å²) in [6, 6.07) is 3.46. The molecule has 0 fully saturated rings. The van der Waals surface area contributed by atoms with E-state index >= 15 is 0 Å². The smallest absolute Gasteiger partial charge is 0.0656 e. The molecule has 11 heavy (non-hydrogen) atoms. The molecule has 1 aromatic rings. The van der Waals surface area contributed by atoms with Crippen molar-refractivity contribution in [2.75, 3.05) is 5.73 Å². The Morgan fingerprint density at radius 2 is 2.18 bits per heavy atom. The maximum atomic E-state index is 7.01. The summed E-state index contributed by atoms with van der Waals surface area (Å²) in [5, 5.41) is 7.50. The molecule has 0 unspecified atom stereocenters. The lowest BCUT2D eigenvalue weighted by Gasteiger charge is -2.02. The van der Waals surface area contributed by atoms with Gasteiger partial charge in [0, 0.05) is 21.9 Å². The van der Waals surface area contributed by atoms with Crippen molar-refractivity contribution in [3.8, 4) is 0 Å². The van der Waals surface area contributed by atoms with Crippen LogP contribution >= 0.6 is 27.5 Å². The van der Waals surface area contributed by atoms with Crippen LogP contribution in [0.2, 0.25) is 5.02 Å². The van der Waals surface area contributed by atoms with Gasteiger partial charge in [-0.1, -0.05) is 11.6 Å². The third kappa shape index (κ3) is 1.54. The van der Waals surface area contributed by atoms with E-state index in [0.717, 1.165) is 10.7 Å². The van der Waals surface area contributed by atoms with Crippen LogP contribution in [0.15, 0.2) is 16.6 Å². The fraction of sp³-hybridized carbons (Fsp3) is 0. The highest BCUT2D eigenvalue weighted by Gasteiger charge is 2.04. The van der Waals surface area contributed by atoms with Gasteiger partial charge in [-0.15, -0.1) is 0 Å². The van der Waals surface area contributed by atoms with Gasteiger partial charge in [0.25, 0.3) is 0 Å². The summed E-state index contributed by atoms with van der Waals surface area (Å²) in [5.41, 5.74) is 6.62. The van der Waals surface area contributed by atoms with Crippen molar-refractivity contribution in [2.45, 2.75) is 0 Å². The van der Waals surface area contributed by atoms with Gasteiger partial charge in [0.2, 0.25) is 0 Å². The van der Waals surface area contributed by atoms with Crippen LogP contribution in [0.4, 0.5) is 5.69 Å². The van der Waals surface area contributed by atoms with Gasteiger partial charge in [0.15, 0.2) is 0 Å². The second-order valence-electron chi connectivity index (χ2n) is 2.01. The predicted octanol–water partition coefficient (Wildman–Crippen LogP) is 2.68. The zero-order chi connectivity index (χ0) is 8.43. The van der Waals surface area contributed by atoms with Crippen LogP contribution in [0.1, 0.15) is 5.56 Å². The first-order valence-corrected chi connectivity index (χ1v) is 4.08. The van der Waals surface area contributed by atoms with Crippen LogP contribution in [-0.2, 0) is 0 Å². The topological polar surface area (TPSA) is 49.9 Å².